The van der Waals surface area contributed by atoms with Crippen LogP contribution in [0.15, 0.2) is 0 Å². The van der Waals surface area contributed by atoms with Crippen molar-refractivity contribution in [1.82, 2.24) is 0 Å². The van der Waals surface area contributed by atoms with Gasteiger partial charge in [0, 0.05) is 0 Å². The molecule has 0 saturated heterocycles. The van der Waals surface area contributed by atoms with Crippen LogP contribution in [-0.2, 0) is 0 Å². The van der Waals surface area contributed by atoms with Gasteiger partial charge in [-0.25, -0.2) is 0 Å². The molecule has 0 amide bonds. The number of hydrogen-bond acceptors (Lipinski definition) is 0. The van der Waals surface area contributed by atoms with Gasteiger partial charge in [-0.1, -0.05) is 47.0 Å². The van der Waals surface area contributed by atoms with Crippen molar-refractivity contribution in [3.63, 3.8) is 0 Å². The van der Waals surface area contributed by atoms with Gasteiger partial charge >= 0.3 is 6.18 Å². The fourth-order valence-electron chi connectivity index (χ4n) is 2.29. The van der Waals surface area contributed by atoms with Gasteiger partial charge in [0.1, 0.15) is 0 Å². The van der Waals surface area contributed by atoms with E-state index in [1.807, 2.05) is 20.8 Å². The fraction of sp³-hybridized carbons (Fsp3) is 1.00. The van der Waals surface area contributed by atoms with Gasteiger partial charge in [0.05, 0.1) is 5.41 Å². The van der Waals surface area contributed by atoms with Crippen LogP contribution in [0.5, 0.6) is 0 Å². The second-order valence-corrected chi connectivity index (χ2v) is 4.18. The molecule has 0 saturated carbocycles. The van der Waals surface area contributed by atoms with E-state index in [1.54, 1.807) is 0 Å². The average molecular weight is 210 g/mol. The lowest BCUT2D eigenvalue weighted by Crippen LogP contribution is -2.41. The number of alkyl halides is 3. The molecule has 1 atom stereocenters. The monoisotopic (exact) mass is 210 g/mol. The van der Waals surface area contributed by atoms with Gasteiger partial charge in [-0.3, -0.25) is 0 Å². The maximum Gasteiger partial charge on any atom is 0.394 e. The molecule has 0 aromatic heterocycles. The van der Waals surface area contributed by atoms with Crippen LogP contribution in [0, 0.1) is 11.3 Å². The minimum Gasteiger partial charge on any atom is -0.171 e. The first-order valence-electron chi connectivity index (χ1n) is 5.40. The van der Waals surface area contributed by atoms with Crippen molar-refractivity contribution >= 4 is 0 Å². The summed E-state index contributed by atoms with van der Waals surface area (Å²) in [6.07, 6.45) is -2.03. The Hall–Kier alpha value is -0.210. The molecule has 0 heterocycles. The summed E-state index contributed by atoms with van der Waals surface area (Å²) in [7, 11) is 0. The SMILES string of the molecule is CCC[C@@](C)(C(CC)CC)C(F)(F)F. The van der Waals surface area contributed by atoms with Gasteiger partial charge < -0.3 is 0 Å². The number of halogens is 3. The predicted molar refractivity (Wildman–Crippen MR) is 53.1 cm³/mol. The highest BCUT2D eigenvalue weighted by atomic mass is 19.4. The van der Waals surface area contributed by atoms with Crippen LogP contribution in [0.3, 0.4) is 0 Å². The first-order valence-corrected chi connectivity index (χ1v) is 5.40. The Labute approximate surface area is 84.9 Å². The smallest absolute Gasteiger partial charge is 0.171 e. The zero-order chi connectivity index (χ0) is 11.4. The van der Waals surface area contributed by atoms with Crippen molar-refractivity contribution in [2.45, 2.75) is 59.6 Å². The Morgan fingerprint density at radius 3 is 1.64 bits per heavy atom. The van der Waals surface area contributed by atoms with Crippen LogP contribution in [0.1, 0.15) is 53.4 Å². The van der Waals surface area contributed by atoms with Crippen LogP contribution in [0.4, 0.5) is 13.2 Å². The van der Waals surface area contributed by atoms with E-state index in [0.29, 0.717) is 19.3 Å². The van der Waals surface area contributed by atoms with E-state index >= 15 is 0 Å². The second-order valence-electron chi connectivity index (χ2n) is 4.18. The molecule has 14 heavy (non-hydrogen) atoms. The Morgan fingerprint density at radius 1 is 1.00 bits per heavy atom. The number of rotatable bonds is 5. The fourth-order valence-corrected chi connectivity index (χ4v) is 2.29. The molecule has 0 nitrogen and oxygen atoms in total. The Kier molecular flexibility index (Phi) is 4.96. The summed E-state index contributed by atoms with van der Waals surface area (Å²) in [4.78, 5) is 0. The van der Waals surface area contributed by atoms with E-state index in [0.717, 1.165) is 0 Å². The van der Waals surface area contributed by atoms with E-state index < -0.39 is 11.6 Å². The lowest BCUT2D eigenvalue weighted by atomic mass is 9.71. The third-order valence-corrected chi connectivity index (χ3v) is 3.30. The van der Waals surface area contributed by atoms with Crippen LogP contribution in [0.25, 0.3) is 0 Å². The van der Waals surface area contributed by atoms with Crippen LogP contribution >= 0.6 is 0 Å². The molecule has 0 aromatic carbocycles. The molecule has 0 radical (unpaired) electrons. The lowest BCUT2D eigenvalue weighted by molar-refractivity contribution is -0.240. The molecule has 0 bridgehead atoms. The molecule has 86 valence electrons. The molecule has 0 unspecified atom stereocenters. The Balaban J connectivity index is 4.87. The Bertz CT molecular complexity index is 158. The number of hydrogen-bond donors (Lipinski definition) is 0. The maximum absolute atomic E-state index is 12.9. The van der Waals surface area contributed by atoms with E-state index in [2.05, 4.69) is 0 Å². The third-order valence-electron chi connectivity index (χ3n) is 3.30. The molecular formula is C11H21F3. The van der Waals surface area contributed by atoms with Crippen molar-refractivity contribution in [2.75, 3.05) is 0 Å². The van der Waals surface area contributed by atoms with Gasteiger partial charge in [-0.15, -0.1) is 0 Å². The van der Waals surface area contributed by atoms with Crippen molar-refractivity contribution in [1.29, 1.82) is 0 Å². The van der Waals surface area contributed by atoms with Crippen LogP contribution in [0.2, 0.25) is 0 Å². The van der Waals surface area contributed by atoms with E-state index in [4.69, 9.17) is 0 Å². The van der Waals surface area contributed by atoms with Gasteiger partial charge in [0.2, 0.25) is 0 Å². The first kappa shape index (κ1) is 13.8. The molecule has 0 aliphatic carbocycles. The third kappa shape index (κ3) is 2.64. The van der Waals surface area contributed by atoms with Crippen molar-refractivity contribution in [3.8, 4) is 0 Å². The van der Waals surface area contributed by atoms with Gasteiger partial charge in [-0.2, -0.15) is 13.2 Å². The molecule has 0 fully saturated rings. The minimum absolute atomic E-state index is 0.239. The van der Waals surface area contributed by atoms with Gasteiger partial charge in [0.15, 0.2) is 0 Å². The topological polar surface area (TPSA) is 0 Å². The van der Waals surface area contributed by atoms with Crippen molar-refractivity contribution in [3.05, 3.63) is 0 Å². The summed E-state index contributed by atoms with van der Waals surface area (Å²) in [5.74, 6) is -0.248. The van der Waals surface area contributed by atoms with Crippen molar-refractivity contribution in [2.24, 2.45) is 11.3 Å². The quantitative estimate of drug-likeness (QED) is 0.612. The summed E-state index contributed by atoms with van der Waals surface area (Å²) >= 11 is 0. The van der Waals surface area contributed by atoms with E-state index in [1.165, 1.54) is 6.92 Å². The van der Waals surface area contributed by atoms with E-state index in [9.17, 15) is 13.2 Å². The highest BCUT2D eigenvalue weighted by Crippen LogP contribution is 2.49. The standard InChI is InChI=1S/C11H21F3/c1-5-8-10(4,11(12,13)14)9(6-2)7-3/h9H,5-8H2,1-4H3/t10-/m0/s1. The summed E-state index contributed by atoms with van der Waals surface area (Å²) in [6.45, 7) is 6.86. The van der Waals surface area contributed by atoms with Gasteiger partial charge in [-0.05, 0) is 12.3 Å². The predicted octanol–water partition coefficient (Wildman–Crippen LogP) is 4.79. The molecule has 0 rings (SSSR count). The zero-order valence-electron chi connectivity index (χ0n) is 9.54. The molecule has 0 aromatic rings. The van der Waals surface area contributed by atoms with Crippen LogP contribution in [-0.4, -0.2) is 6.18 Å². The summed E-state index contributed by atoms with van der Waals surface area (Å²) < 4.78 is 38.7. The minimum atomic E-state index is -4.07. The molecule has 0 spiro atoms. The first-order chi connectivity index (χ1) is 6.33. The highest BCUT2D eigenvalue weighted by Gasteiger charge is 2.53. The Morgan fingerprint density at radius 2 is 1.43 bits per heavy atom. The van der Waals surface area contributed by atoms with E-state index in [-0.39, 0.29) is 12.3 Å². The zero-order valence-corrected chi connectivity index (χ0v) is 9.54. The molecule has 0 aliphatic heterocycles. The molecule has 3 heteroatoms. The average Bonchev–Trinajstić information content (AvgIpc) is 2.04. The summed E-state index contributed by atoms with van der Waals surface area (Å²) in [5.41, 5.74) is -1.49. The lowest BCUT2D eigenvalue weighted by Gasteiger charge is -2.38. The highest BCUT2D eigenvalue weighted by molar-refractivity contribution is 4.87. The molecule has 0 N–H and O–H groups in total. The summed E-state index contributed by atoms with van der Waals surface area (Å²) in [6, 6.07) is 0. The molecule has 0 aliphatic rings. The van der Waals surface area contributed by atoms with Crippen LogP contribution < -0.4 is 0 Å². The van der Waals surface area contributed by atoms with Gasteiger partial charge in [0.25, 0.3) is 0 Å². The summed E-state index contributed by atoms with van der Waals surface area (Å²) in [5, 5.41) is 0. The molecular weight excluding hydrogens is 189 g/mol. The van der Waals surface area contributed by atoms with Crippen molar-refractivity contribution < 1.29 is 13.2 Å². The second kappa shape index (κ2) is 5.04. The normalized spacial score (nSPS) is 17.1. The largest absolute Gasteiger partial charge is 0.394 e. The maximum atomic E-state index is 12.9.